The molecule has 3 rings (SSSR count). The van der Waals surface area contributed by atoms with Gasteiger partial charge in [0.15, 0.2) is 6.61 Å². The number of carbonyl (C=O) groups excluding carboxylic acids is 1. The first kappa shape index (κ1) is 20.3. The lowest BCUT2D eigenvalue weighted by molar-refractivity contribution is -0.137. The number of amides is 1. The van der Waals surface area contributed by atoms with Crippen molar-refractivity contribution >= 4 is 15.9 Å². The van der Waals surface area contributed by atoms with E-state index < -0.39 is 10.0 Å². The smallest absolute Gasteiger partial charge is 0.260 e. The highest BCUT2D eigenvalue weighted by Gasteiger charge is 2.17. The molecular formula is C20H24N2O5S. The van der Waals surface area contributed by atoms with Crippen molar-refractivity contribution in [2.75, 3.05) is 39.5 Å². The van der Waals surface area contributed by atoms with Gasteiger partial charge in [0.05, 0.1) is 18.1 Å². The molecule has 0 saturated carbocycles. The zero-order chi connectivity index (χ0) is 19.8. The fourth-order valence-electron chi connectivity index (χ4n) is 2.82. The normalized spacial score (nSPS) is 14.6. The quantitative estimate of drug-likeness (QED) is 0.720. The summed E-state index contributed by atoms with van der Waals surface area (Å²) in [6.45, 7) is 2.44. The van der Waals surface area contributed by atoms with E-state index in [1.807, 2.05) is 30.3 Å². The van der Waals surface area contributed by atoms with E-state index >= 15 is 0 Å². The third-order valence-electron chi connectivity index (χ3n) is 4.41. The monoisotopic (exact) mass is 404 g/mol. The van der Waals surface area contributed by atoms with Crippen molar-refractivity contribution in [1.82, 2.24) is 9.62 Å². The molecule has 2 aromatic carbocycles. The van der Waals surface area contributed by atoms with Crippen LogP contribution in [0.3, 0.4) is 0 Å². The highest BCUT2D eigenvalue weighted by molar-refractivity contribution is 7.89. The first-order valence-corrected chi connectivity index (χ1v) is 10.6. The average Bonchev–Trinajstić information content (AvgIpc) is 2.73. The lowest BCUT2D eigenvalue weighted by Gasteiger charge is -2.26. The van der Waals surface area contributed by atoms with Gasteiger partial charge in [-0.2, -0.15) is 0 Å². The molecule has 0 atom stereocenters. The second-order valence-corrected chi connectivity index (χ2v) is 8.15. The Morgan fingerprint density at radius 1 is 1.04 bits per heavy atom. The maximum absolute atomic E-state index is 12.4. The van der Waals surface area contributed by atoms with Gasteiger partial charge < -0.3 is 14.4 Å². The Hall–Kier alpha value is -2.42. The lowest BCUT2D eigenvalue weighted by Crippen LogP contribution is -2.42. The third-order valence-corrected chi connectivity index (χ3v) is 5.89. The molecule has 1 amide bonds. The number of nitrogens with one attached hydrogen (secondary N) is 1. The lowest BCUT2D eigenvalue weighted by atomic mass is 10.2. The van der Waals surface area contributed by atoms with E-state index in [4.69, 9.17) is 9.47 Å². The van der Waals surface area contributed by atoms with E-state index in [-0.39, 0.29) is 17.4 Å². The highest BCUT2D eigenvalue weighted by atomic mass is 32.2. The van der Waals surface area contributed by atoms with Gasteiger partial charge in [-0.1, -0.05) is 30.3 Å². The summed E-state index contributed by atoms with van der Waals surface area (Å²) in [4.78, 5) is 13.9. The van der Waals surface area contributed by atoms with Crippen LogP contribution in [0.15, 0.2) is 59.5 Å². The van der Waals surface area contributed by atoms with Crippen LogP contribution in [0.5, 0.6) is 5.75 Å². The van der Waals surface area contributed by atoms with Gasteiger partial charge in [-0.15, -0.1) is 0 Å². The zero-order valence-electron chi connectivity index (χ0n) is 15.5. The van der Waals surface area contributed by atoms with Crippen LogP contribution in [-0.4, -0.2) is 58.7 Å². The Balaban J connectivity index is 1.49. The molecule has 1 heterocycles. The van der Waals surface area contributed by atoms with Crippen LogP contribution in [0.2, 0.25) is 0 Å². The number of ether oxygens (including phenoxy) is 2. The number of morpholine rings is 1. The predicted octanol–water partition coefficient (Wildman–Crippen LogP) is 1.45. The Morgan fingerprint density at radius 3 is 2.39 bits per heavy atom. The van der Waals surface area contributed by atoms with Crippen LogP contribution >= 0.6 is 0 Å². The van der Waals surface area contributed by atoms with Crippen molar-refractivity contribution in [2.45, 2.75) is 11.3 Å². The minimum absolute atomic E-state index is 0.0819. The largest absolute Gasteiger partial charge is 0.484 e. The summed E-state index contributed by atoms with van der Waals surface area (Å²) in [5.74, 6) is 0.340. The zero-order valence-corrected chi connectivity index (χ0v) is 16.4. The van der Waals surface area contributed by atoms with E-state index in [0.717, 1.165) is 5.56 Å². The third kappa shape index (κ3) is 5.79. The van der Waals surface area contributed by atoms with E-state index in [2.05, 4.69) is 4.72 Å². The van der Waals surface area contributed by atoms with Crippen molar-refractivity contribution in [1.29, 1.82) is 0 Å². The van der Waals surface area contributed by atoms with Crippen LogP contribution < -0.4 is 9.46 Å². The van der Waals surface area contributed by atoms with Gasteiger partial charge in [0, 0.05) is 19.6 Å². The molecule has 1 saturated heterocycles. The van der Waals surface area contributed by atoms with Gasteiger partial charge in [0.1, 0.15) is 5.75 Å². The van der Waals surface area contributed by atoms with Gasteiger partial charge in [-0.05, 0) is 36.2 Å². The molecule has 28 heavy (non-hydrogen) atoms. The number of hydrogen-bond acceptors (Lipinski definition) is 5. The first-order chi connectivity index (χ1) is 13.5. The predicted molar refractivity (Wildman–Crippen MR) is 105 cm³/mol. The number of rotatable bonds is 8. The standard InChI is InChI=1S/C20H24N2O5S/c23-20(22-12-14-26-15-13-22)16-27-18-6-8-19(9-7-18)28(24,25)21-11-10-17-4-2-1-3-5-17/h1-9,21H,10-16H2. The van der Waals surface area contributed by atoms with Gasteiger partial charge in [0.25, 0.3) is 5.91 Å². The van der Waals surface area contributed by atoms with Crippen molar-refractivity contribution in [2.24, 2.45) is 0 Å². The molecule has 2 aromatic rings. The minimum atomic E-state index is -3.59. The van der Waals surface area contributed by atoms with Crippen molar-refractivity contribution in [3.63, 3.8) is 0 Å². The van der Waals surface area contributed by atoms with Gasteiger partial charge in [-0.3, -0.25) is 4.79 Å². The Labute approximate surface area is 165 Å². The second kappa shape index (κ2) is 9.68. The van der Waals surface area contributed by atoms with Crippen molar-refractivity contribution in [3.05, 3.63) is 60.2 Å². The molecule has 0 aromatic heterocycles. The van der Waals surface area contributed by atoms with Crippen LogP contribution in [0.1, 0.15) is 5.56 Å². The SMILES string of the molecule is O=C(COc1ccc(S(=O)(=O)NCCc2ccccc2)cc1)N1CCOCC1. The Morgan fingerprint density at radius 2 is 1.71 bits per heavy atom. The Kier molecular flexibility index (Phi) is 7.02. The molecule has 1 fully saturated rings. The summed E-state index contributed by atoms with van der Waals surface area (Å²) in [5.41, 5.74) is 1.07. The summed E-state index contributed by atoms with van der Waals surface area (Å²) in [5, 5.41) is 0. The number of benzene rings is 2. The molecule has 1 aliphatic rings. The molecular weight excluding hydrogens is 380 g/mol. The molecule has 0 spiro atoms. The highest BCUT2D eigenvalue weighted by Crippen LogP contribution is 2.16. The average molecular weight is 404 g/mol. The van der Waals surface area contributed by atoms with Gasteiger partial charge >= 0.3 is 0 Å². The van der Waals surface area contributed by atoms with Crippen LogP contribution in [-0.2, 0) is 26.0 Å². The van der Waals surface area contributed by atoms with Crippen molar-refractivity contribution in [3.8, 4) is 5.75 Å². The summed E-state index contributed by atoms with van der Waals surface area (Å²) in [6.07, 6.45) is 0.616. The maximum Gasteiger partial charge on any atom is 0.260 e. The second-order valence-electron chi connectivity index (χ2n) is 6.39. The number of hydrogen-bond donors (Lipinski definition) is 1. The number of sulfonamides is 1. The molecule has 8 heteroatoms. The Bertz CT molecular complexity index is 863. The first-order valence-electron chi connectivity index (χ1n) is 9.16. The minimum Gasteiger partial charge on any atom is -0.484 e. The van der Waals surface area contributed by atoms with Crippen LogP contribution in [0, 0.1) is 0 Å². The molecule has 7 nitrogen and oxygen atoms in total. The molecule has 0 bridgehead atoms. The van der Waals surface area contributed by atoms with Crippen LogP contribution in [0.4, 0.5) is 0 Å². The summed E-state index contributed by atoms with van der Waals surface area (Å²) in [7, 11) is -3.59. The number of carbonyl (C=O) groups is 1. The summed E-state index contributed by atoms with van der Waals surface area (Å²) >= 11 is 0. The van der Waals surface area contributed by atoms with E-state index in [9.17, 15) is 13.2 Å². The molecule has 1 N–H and O–H groups in total. The fraction of sp³-hybridized carbons (Fsp3) is 0.350. The molecule has 0 radical (unpaired) electrons. The molecule has 0 aliphatic carbocycles. The summed E-state index contributed by atoms with van der Waals surface area (Å²) < 4.78 is 38.1. The summed E-state index contributed by atoms with van der Waals surface area (Å²) in [6, 6.07) is 15.7. The van der Waals surface area contributed by atoms with Gasteiger partial charge in [0.2, 0.25) is 10.0 Å². The van der Waals surface area contributed by atoms with E-state index in [1.165, 1.54) is 12.1 Å². The molecule has 1 aliphatic heterocycles. The fourth-order valence-corrected chi connectivity index (χ4v) is 3.85. The maximum atomic E-state index is 12.4. The van der Waals surface area contributed by atoms with Crippen molar-refractivity contribution < 1.29 is 22.7 Å². The number of nitrogens with zero attached hydrogens (tertiary/aromatic N) is 1. The molecule has 0 unspecified atom stereocenters. The van der Waals surface area contributed by atoms with E-state index in [0.29, 0.717) is 45.0 Å². The topological polar surface area (TPSA) is 84.9 Å². The van der Waals surface area contributed by atoms with Gasteiger partial charge in [-0.25, -0.2) is 13.1 Å². The van der Waals surface area contributed by atoms with E-state index in [1.54, 1.807) is 17.0 Å². The van der Waals surface area contributed by atoms with Crippen LogP contribution in [0.25, 0.3) is 0 Å². The molecule has 150 valence electrons.